The van der Waals surface area contributed by atoms with Crippen LogP contribution < -0.4 is 10.2 Å². The van der Waals surface area contributed by atoms with Crippen molar-refractivity contribution in [1.29, 1.82) is 0 Å². The number of carbonyl (C=O) groups excluding carboxylic acids is 2. The lowest BCUT2D eigenvalue weighted by Crippen LogP contribution is -2.40. The molecule has 1 aromatic carbocycles. The van der Waals surface area contributed by atoms with E-state index < -0.39 is 0 Å². The maximum atomic E-state index is 12.5. The van der Waals surface area contributed by atoms with Crippen molar-refractivity contribution in [2.24, 2.45) is 17.8 Å². The summed E-state index contributed by atoms with van der Waals surface area (Å²) in [5.41, 5.74) is 1.94. The largest absolute Gasteiger partial charge is 0.378 e. The van der Waals surface area contributed by atoms with Crippen LogP contribution in [0, 0.1) is 17.8 Å². The molecule has 118 valence electrons. The average Bonchev–Trinajstić information content (AvgIpc) is 2.47. The number of hydrogen-bond donors (Lipinski definition) is 1. The van der Waals surface area contributed by atoms with Crippen LogP contribution in [-0.4, -0.2) is 25.8 Å². The van der Waals surface area contributed by atoms with Gasteiger partial charge < -0.3 is 10.2 Å². The van der Waals surface area contributed by atoms with E-state index in [-0.39, 0.29) is 23.7 Å². The minimum absolute atomic E-state index is 0.0125. The van der Waals surface area contributed by atoms with E-state index in [1.807, 2.05) is 43.3 Å². The highest BCUT2D eigenvalue weighted by Crippen LogP contribution is 2.40. The molecule has 1 unspecified atom stereocenters. The lowest BCUT2D eigenvalue weighted by atomic mass is 9.67. The standard InChI is InChI=1S/C18H24N2O2/c1-20(2)16-8-6-15(7-9-16)19-18(22)14-10-12-4-3-5-13(11-14)17(12)21/h6-9,12-14H,3-5,10-11H2,1-2H3,(H,19,22)/t12-,13+,14?. The Hall–Kier alpha value is -1.84. The zero-order valence-corrected chi connectivity index (χ0v) is 13.3. The number of nitrogens with one attached hydrogen (secondary N) is 1. The summed E-state index contributed by atoms with van der Waals surface area (Å²) >= 11 is 0. The third-order valence-corrected chi connectivity index (χ3v) is 5.07. The number of carbonyl (C=O) groups is 2. The van der Waals surface area contributed by atoms with Crippen molar-refractivity contribution >= 4 is 23.1 Å². The fourth-order valence-corrected chi connectivity index (χ4v) is 3.78. The summed E-state index contributed by atoms with van der Waals surface area (Å²) in [5, 5.41) is 3.01. The van der Waals surface area contributed by atoms with Gasteiger partial charge >= 0.3 is 0 Å². The van der Waals surface area contributed by atoms with Crippen LogP contribution in [0.25, 0.3) is 0 Å². The van der Waals surface area contributed by atoms with Crippen LogP contribution in [0.1, 0.15) is 32.1 Å². The fourth-order valence-electron chi connectivity index (χ4n) is 3.78. The van der Waals surface area contributed by atoms with E-state index in [0.717, 1.165) is 43.5 Å². The molecule has 2 aliphatic rings. The SMILES string of the molecule is CN(C)c1ccc(NC(=O)C2C[C@H]3CCC[C@@H](C2)C3=O)cc1. The predicted molar refractivity (Wildman–Crippen MR) is 88.0 cm³/mol. The maximum absolute atomic E-state index is 12.5. The van der Waals surface area contributed by atoms with E-state index in [0.29, 0.717) is 5.78 Å². The molecule has 4 heteroatoms. The molecule has 0 heterocycles. The molecular weight excluding hydrogens is 276 g/mol. The van der Waals surface area contributed by atoms with Crippen molar-refractivity contribution in [2.45, 2.75) is 32.1 Å². The van der Waals surface area contributed by atoms with E-state index in [1.165, 1.54) is 0 Å². The van der Waals surface area contributed by atoms with Crippen molar-refractivity contribution in [3.05, 3.63) is 24.3 Å². The Labute approximate surface area is 131 Å². The Bertz CT molecular complexity index is 549. The first-order valence-electron chi connectivity index (χ1n) is 8.16. The van der Waals surface area contributed by atoms with Crippen LogP contribution in [0.15, 0.2) is 24.3 Å². The molecule has 3 atom stereocenters. The third-order valence-electron chi connectivity index (χ3n) is 5.07. The van der Waals surface area contributed by atoms with Crippen molar-refractivity contribution in [3.63, 3.8) is 0 Å². The predicted octanol–water partition coefficient (Wildman–Crippen LogP) is 3.09. The van der Waals surface area contributed by atoms with Crippen LogP contribution in [0.4, 0.5) is 11.4 Å². The molecule has 2 saturated carbocycles. The van der Waals surface area contributed by atoms with Gasteiger partial charge in [0.25, 0.3) is 0 Å². The number of amides is 1. The molecule has 1 aromatic rings. The van der Waals surface area contributed by atoms with E-state index in [4.69, 9.17) is 0 Å². The monoisotopic (exact) mass is 300 g/mol. The van der Waals surface area contributed by atoms with Crippen molar-refractivity contribution in [3.8, 4) is 0 Å². The van der Waals surface area contributed by atoms with Crippen LogP contribution in [0.5, 0.6) is 0 Å². The van der Waals surface area contributed by atoms with Crippen LogP contribution >= 0.6 is 0 Å². The Morgan fingerprint density at radius 2 is 1.68 bits per heavy atom. The summed E-state index contributed by atoms with van der Waals surface area (Å²) in [4.78, 5) is 26.6. The van der Waals surface area contributed by atoms with Gasteiger partial charge in [0, 0.05) is 43.2 Å². The smallest absolute Gasteiger partial charge is 0.227 e. The second kappa shape index (κ2) is 6.11. The van der Waals surface area contributed by atoms with Gasteiger partial charge in [-0.25, -0.2) is 0 Å². The zero-order chi connectivity index (χ0) is 15.7. The molecule has 0 aromatic heterocycles. The van der Waals surface area contributed by atoms with E-state index >= 15 is 0 Å². The van der Waals surface area contributed by atoms with Gasteiger partial charge in [-0.15, -0.1) is 0 Å². The molecule has 1 amide bonds. The first-order chi connectivity index (χ1) is 10.5. The van der Waals surface area contributed by atoms with E-state index in [9.17, 15) is 9.59 Å². The molecule has 3 rings (SSSR count). The highest BCUT2D eigenvalue weighted by Gasteiger charge is 2.41. The zero-order valence-electron chi connectivity index (χ0n) is 13.3. The summed E-state index contributed by atoms with van der Waals surface area (Å²) in [6, 6.07) is 7.85. The molecule has 2 aliphatic carbocycles. The second-order valence-corrected chi connectivity index (χ2v) is 6.83. The molecular formula is C18H24N2O2. The molecule has 0 radical (unpaired) electrons. The van der Waals surface area contributed by atoms with Gasteiger partial charge in [0.05, 0.1) is 0 Å². The lowest BCUT2D eigenvalue weighted by Gasteiger charge is -2.36. The van der Waals surface area contributed by atoms with Gasteiger partial charge in [0.1, 0.15) is 5.78 Å². The molecule has 0 saturated heterocycles. The van der Waals surface area contributed by atoms with E-state index in [2.05, 4.69) is 5.32 Å². The number of hydrogen-bond acceptors (Lipinski definition) is 3. The molecule has 0 spiro atoms. The van der Waals surface area contributed by atoms with E-state index in [1.54, 1.807) is 0 Å². The number of nitrogens with zero attached hydrogens (tertiary/aromatic N) is 1. The van der Waals surface area contributed by atoms with Gasteiger partial charge in [-0.1, -0.05) is 6.42 Å². The van der Waals surface area contributed by atoms with Gasteiger partial charge in [-0.3, -0.25) is 9.59 Å². The van der Waals surface area contributed by atoms with Gasteiger partial charge in [-0.2, -0.15) is 0 Å². The summed E-state index contributed by atoms with van der Waals surface area (Å²) in [7, 11) is 3.98. The minimum Gasteiger partial charge on any atom is -0.378 e. The number of ketones is 1. The molecule has 22 heavy (non-hydrogen) atoms. The first kappa shape index (κ1) is 15.1. The summed E-state index contributed by atoms with van der Waals surface area (Å²) < 4.78 is 0. The summed E-state index contributed by atoms with van der Waals surface area (Å²) in [6.45, 7) is 0. The number of fused-ring (bicyclic) bond motifs is 2. The maximum Gasteiger partial charge on any atom is 0.227 e. The number of rotatable bonds is 3. The van der Waals surface area contributed by atoms with Crippen molar-refractivity contribution in [2.75, 3.05) is 24.3 Å². The van der Waals surface area contributed by atoms with Crippen LogP contribution in [0.3, 0.4) is 0 Å². The number of Topliss-reactive ketones (excluding diaryl/α,β-unsaturated/α-hetero) is 1. The number of benzene rings is 1. The molecule has 4 nitrogen and oxygen atoms in total. The Morgan fingerprint density at radius 1 is 1.09 bits per heavy atom. The topological polar surface area (TPSA) is 49.4 Å². The fraction of sp³-hybridized carbons (Fsp3) is 0.556. The second-order valence-electron chi connectivity index (χ2n) is 6.83. The Morgan fingerprint density at radius 3 is 2.23 bits per heavy atom. The molecule has 0 aliphatic heterocycles. The highest BCUT2D eigenvalue weighted by atomic mass is 16.2. The van der Waals surface area contributed by atoms with Crippen LogP contribution in [-0.2, 0) is 9.59 Å². The quantitative estimate of drug-likeness (QED) is 0.933. The first-order valence-corrected chi connectivity index (χ1v) is 8.16. The molecule has 2 fully saturated rings. The Balaban J connectivity index is 1.63. The van der Waals surface area contributed by atoms with Crippen molar-refractivity contribution in [1.82, 2.24) is 0 Å². The average molecular weight is 300 g/mol. The third kappa shape index (κ3) is 3.01. The minimum atomic E-state index is -0.0125. The number of anilines is 2. The Kier molecular flexibility index (Phi) is 4.19. The molecule has 1 N–H and O–H groups in total. The van der Waals surface area contributed by atoms with Crippen molar-refractivity contribution < 1.29 is 9.59 Å². The molecule has 2 bridgehead atoms. The lowest BCUT2D eigenvalue weighted by molar-refractivity contribution is -0.136. The normalized spacial score (nSPS) is 27.4. The van der Waals surface area contributed by atoms with Crippen LogP contribution in [0.2, 0.25) is 0 Å². The summed E-state index contributed by atoms with van der Waals surface area (Å²) in [5.74, 6) is 0.716. The van der Waals surface area contributed by atoms with Gasteiger partial charge in [-0.05, 0) is 49.9 Å². The summed E-state index contributed by atoms with van der Waals surface area (Å²) in [6.07, 6.45) is 4.54. The van der Waals surface area contributed by atoms with Gasteiger partial charge in [0.15, 0.2) is 0 Å². The highest BCUT2D eigenvalue weighted by molar-refractivity contribution is 5.95. The van der Waals surface area contributed by atoms with Gasteiger partial charge in [0.2, 0.25) is 5.91 Å².